The van der Waals surface area contributed by atoms with Crippen LogP contribution in [0, 0.1) is 5.82 Å². The van der Waals surface area contributed by atoms with Gasteiger partial charge in [0.2, 0.25) is 5.95 Å². The van der Waals surface area contributed by atoms with E-state index in [9.17, 15) is 4.39 Å². The van der Waals surface area contributed by atoms with E-state index in [-0.39, 0.29) is 11.2 Å². The maximum absolute atomic E-state index is 14.1. The fourth-order valence-electron chi connectivity index (χ4n) is 2.30. The van der Waals surface area contributed by atoms with Crippen LogP contribution in [0.3, 0.4) is 0 Å². The predicted molar refractivity (Wildman–Crippen MR) is 103 cm³/mol. The lowest BCUT2D eigenvalue weighted by molar-refractivity contribution is 0.625. The maximum atomic E-state index is 14.1. The molecule has 26 heavy (non-hydrogen) atoms. The Labute approximate surface area is 156 Å². The van der Waals surface area contributed by atoms with Gasteiger partial charge in [-0.3, -0.25) is 4.98 Å². The third-order valence-electron chi connectivity index (χ3n) is 3.38. The third kappa shape index (κ3) is 4.67. The molecule has 0 amide bonds. The number of nitrogens with one attached hydrogen (secondary N) is 2. The Morgan fingerprint density at radius 1 is 1.00 bits per heavy atom. The van der Waals surface area contributed by atoms with E-state index in [1.54, 1.807) is 18.5 Å². The van der Waals surface area contributed by atoms with E-state index < -0.39 is 5.82 Å². The Bertz CT molecular complexity index is 910. The van der Waals surface area contributed by atoms with Crippen LogP contribution in [0.25, 0.3) is 11.3 Å². The topological polar surface area (TPSA) is 62.7 Å². The van der Waals surface area contributed by atoms with Gasteiger partial charge in [0.15, 0.2) is 0 Å². The quantitative estimate of drug-likeness (QED) is 0.652. The molecule has 0 fully saturated rings. The Hall–Kier alpha value is -2.73. The van der Waals surface area contributed by atoms with Gasteiger partial charge in [-0.25, -0.2) is 9.37 Å². The Morgan fingerprint density at radius 3 is 2.42 bits per heavy atom. The van der Waals surface area contributed by atoms with Crippen molar-refractivity contribution in [2.75, 3.05) is 10.6 Å². The average molecular weight is 372 g/mol. The standard InChI is InChI=1S/C19H19ClFN5/c1-19(2,3)26-18-24-15(12-6-8-22-9-7-12)11-17(25-18)23-16-10-13(20)4-5-14(16)21/h4-11H,1-3H3,(H2,23,24,25,26). The molecule has 0 radical (unpaired) electrons. The fraction of sp³-hybridized carbons (Fsp3) is 0.211. The number of benzene rings is 1. The molecule has 134 valence electrons. The van der Waals surface area contributed by atoms with Crippen LogP contribution < -0.4 is 10.6 Å². The van der Waals surface area contributed by atoms with Gasteiger partial charge in [-0.05, 0) is 51.1 Å². The summed E-state index contributed by atoms with van der Waals surface area (Å²) in [5, 5.41) is 6.66. The molecule has 2 N–H and O–H groups in total. The molecule has 0 aliphatic carbocycles. The number of halogens is 2. The van der Waals surface area contributed by atoms with E-state index in [2.05, 4.69) is 25.6 Å². The van der Waals surface area contributed by atoms with E-state index in [1.807, 2.05) is 32.9 Å². The second-order valence-electron chi connectivity index (χ2n) is 6.82. The van der Waals surface area contributed by atoms with Crippen molar-refractivity contribution in [3.63, 3.8) is 0 Å². The Morgan fingerprint density at radius 2 is 1.73 bits per heavy atom. The SMILES string of the molecule is CC(C)(C)Nc1nc(Nc2cc(Cl)ccc2F)cc(-c2ccncc2)n1. The molecule has 2 heterocycles. The average Bonchev–Trinajstić information content (AvgIpc) is 2.57. The molecule has 0 aliphatic heterocycles. The van der Waals surface area contributed by atoms with Gasteiger partial charge in [0.25, 0.3) is 0 Å². The first-order chi connectivity index (χ1) is 12.3. The van der Waals surface area contributed by atoms with Crippen molar-refractivity contribution in [3.8, 4) is 11.3 Å². The van der Waals surface area contributed by atoms with Gasteiger partial charge in [0.05, 0.1) is 11.4 Å². The molecule has 1 aromatic carbocycles. The van der Waals surface area contributed by atoms with Crippen molar-refractivity contribution in [2.24, 2.45) is 0 Å². The van der Waals surface area contributed by atoms with Crippen LogP contribution in [0.4, 0.5) is 21.8 Å². The molecular formula is C19H19ClFN5. The summed E-state index contributed by atoms with van der Waals surface area (Å²) in [6, 6.07) is 9.78. The molecule has 0 spiro atoms. The normalized spacial score (nSPS) is 11.3. The van der Waals surface area contributed by atoms with Gasteiger partial charge in [0, 0.05) is 34.6 Å². The van der Waals surface area contributed by atoms with Crippen molar-refractivity contribution in [3.05, 3.63) is 59.6 Å². The Balaban J connectivity index is 2.03. The van der Waals surface area contributed by atoms with Crippen LogP contribution >= 0.6 is 11.6 Å². The third-order valence-corrected chi connectivity index (χ3v) is 3.62. The number of anilines is 3. The summed E-state index contributed by atoms with van der Waals surface area (Å²) in [7, 11) is 0. The van der Waals surface area contributed by atoms with Gasteiger partial charge in [-0.1, -0.05) is 11.6 Å². The second kappa shape index (κ2) is 7.25. The Kier molecular flexibility index (Phi) is 5.04. The summed E-state index contributed by atoms with van der Waals surface area (Å²) in [6.07, 6.45) is 3.39. The molecule has 0 saturated heterocycles. The first kappa shape index (κ1) is 18.1. The number of aromatic nitrogens is 3. The molecule has 0 bridgehead atoms. The van der Waals surface area contributed by atoms with Crippen molar-refractivity contribution >= 4 is 29.1 Å². The summed E-state index contributed by atoms with van der Waals surface area (Å²) < 4.78 is 14.1. The molecule has 5 nitrogen and oxygen atoms in total. The summed E-state index contributed by atoms with van der Waals surface area (Å²) in [6.45, 7) is 6.04. The van der Waals surface area contributed by atoms with Crippen molar-refractivity contribution in [1.29, 1.82) is 0 Å². The summed E-state index contributed by atoms with van der Waals surface area (Å²) >= 11 is 5.97. The lowest BCUT2D eigenvalue weighted by atomic mass is 10.1. The smallest absolute Gasteiger partial charge is 0.225 e. The second-order valence-corrected chi connectivity index (χ2v) is 7.26. The van der Waals surface area contributed by atoms with E-state index in [0.717, 1.165) is 5.56 Å². The minimum Gasteiger partial charge on any atom is -0.350 e. The lowest BCUT2D eigenvalue weighted by Crippen LogP contribution is -2.27. The van der Waals surface area contributed by atoms with Crippen molar-refractivity contribution in [2.45, 2.75) is 26.3 Å². The van der Waals surface area contributed by atoms with Crippen LogP contribution in [-0.2, 0) is 0 Å². The highest BCUT2D eigenvalue weighted by Crippen LogP contribution is 2.27. The highest BCUT2D eigenvalue weighted by Gasteiger charge is 2.14. The van der Waals surface area contributed by atoms with E-state index in [4.69, 9.17) is 11.6 Å². The van der Waals surface area contributed by atoms with Gasteiger partial charge < -0.3 is 10.6 Å². The van der Waals surface area contributed by atoms with E-state index in [0.29, 0.717) is 22.5 Å². The first-order valence-electron chi connectivity index (χ1n) is 8.10. The number of hydrogen-bond donors (Lipinski definition) is 2. The van der Waals surface area contributed by atoms with Crippen LogP contribution in [0.15, 0.2) is 48.8 Å². The number of nitrogens with zero attached hydrogens (tertiary/aromatic N) is 3. The highest BCUT2D eigenvalue weighted by atomic mass is 35.5. The van der Waals surface area contributed by atoms with Crippen molar-refractivity contribution in [1.82, 2.24) is 15.0 Å². The van der Waals surface area contributed by atoms with Gasteiger partial charge in [-0.2, -0.15) is 4.98 Å². The molecule has 0 atom stereocenters. The van der Waals surface area contributed by atoms with Gasteiger partial charge in [-0.15, -0.1) is 0 Å². The van der Waals surface area contributed by atoms with Gasteiger partial charge in [0.1, 0.15) is 11.6 Å². The van der Waals surface area contributed by atoms with Crippen LogP contribution in [0.5, 0.6) is 0 Å². The molecular weight excluding hydrogens is 353 g/mol. The summed E-state index contributed by atoms with van der Waals surface area (Å²) in [5.41, 5.74) is 1.60. The monoisotopic (exact) mass is 371 g/mol. The predicted octanol–water partition coefficient (Wildman–Crippen LogP) is 5.29. The number of rotatable bonds is 4. The minimum absolute atomic E-state index is 0.227. The molecule has 3 aromatic rings. The molecule has 7 heteroatoms. The van der Waals surface area contributed by atoms with Crippen LogP contribution in [0.1, 0.15) is 20.8 Å². The number of pyridine rings is 1. The van der Waals surface area contributed by atoms with E-state index >= 15 is 0 Å². The molecule has 0 saturated carbocycles. The largest absolute Gasteiger partial charge is 0.350 e. The minimum atomic E-state index is -0.413. The first-order valence-corrected chi connectivity index (χ1v) is 8.48. The van der Waals surface area contributed by atoms with Crippen LogP contribution in [0.2, 0.25) is 5.02 Å². The fourth-order valence-corrected chi connectivity index (χ4v) is 2.48. The van der Waals surface area contributed by atoms with Crippen molar-refractivity contribution < 1.29 is 4.39 Å². The maximum Gasteiger partial charge on any atom is 0.225 e. The zero-order valence-corrected chi connectivity index (χ0v) is 15.5. The highest BCUT2D eigenvalue weighted by molar-refractivity contribution is 6.30. The molecule has 2 aromatic heterocycles. The van der Waals surface area contributed by atoms with Gasteiger partial charge >= 0.3 is 0 Å². The molecule has 0 unspecified atom stereocenters. The van der Waals surface area contributed by atoms with E-state index in [1.165, 1.54) is 18.2 Å². The summed E-state index contributed by atoms with van der Waals surface area (Å²) in [5.74, 6) is 0.486. The summed E-state index contributed by atoms with van der Waals surface area (Å²) in [4.78, 5) is 13.0. The number of hydrogen-bond acceptors (Lipinski definition) is 5. The molecule has 3 rings (SSSR count). The zero-order valence-electron chi connectivity index (χ0n) is 14.7. The zero-order chi connectivity index (χ0) is 18.7. The van der Waals surface area contributed by atoms with Crippen LogP contribution in [-0.4, -0.2) is 20.5 Å². The lowest BCUT2D eigenvalue weighted by Gasteiger charge is -2.21. The molecule has 0 aliphatic rings.